The van der Waals surface area contributed by atoms with E-state index in [1.807, 2.05) is 36.6 Å². The second-order valence-corrected chi connectivity index (χ2v) is 7.88. The molecule has 1 unspecified atom stereocenters. The lowest BCUT2D eigenvalue weighted by Gasteiger charge is -2.07. The molecular formula is C22H23N3O3S. The van der Waals surface area contributed by atoms with E-state index in [-0.39, 0.29) is 17.6 Å². The summed E-state index contributed by atoms with van der Waals surface area (Å²) in [7, 11) is 0. The fourth-order valence-corrected chi connectivity index (χ4v) is 4.02. The fraction of sp³-hybridized carbons (Fsp3) is 0.273. The number of phenolic OH excluding ortho intramolecular Hbond substituents is 2. The molecule has 150 valence electrons. The van der Waals surface area contributed by atoms with Crippen LogP contribution in [0.3, 0.4) is 0 Å². The highest BCUT2D eigenvalue weighted by Crippen LogP contribution is 2.32. The molecule has 0 radical (unpaired) electrons. The van der Waals surface area contributed by atoms with Crippen molar-refractivity contribution in [2.45, 2.75) is 25.9 Å². The Kier molecular flexibility index (Phi) is 5.78. The van der Waals surface area contributed by atoms with Crippen LogP contribution in [0.25, 0.3) is 11.3 Å². The molecule has 1 saturated heterocycles. The number of thiazole rings is 1. The SMILES string of the molecule is Cc1ccc(/C=N/n2c(-c3ccc(O)cc3O)csc2=NCC2CCCO2)cc1. The monoisotopic (exact) mass is 409 g/mol. The number of benzene rings is 2. The number of aromatic hydroxyl groups is 2. The summed E-state index contributed by atoms with van der Waals surface area (Å²) in [6, 6.07) is 12.6. The van der Waals surface area contributed by atoms with Crippen molar-refractivity contribution >= 4 is 17.6 Å². The van der Waals surface area contributed by atoms with Gasteiger partial charge in [0.1, 0.15) is 11.5 Å². The number of rotatable bonds is 5. The first kappa shape index (κ1) is 19.4. The van der Waals surface area contributed by atoms with Crippen molar-refractivity contribution in [1.82, 2.24) is 4.68 Å². The van der Waals surface area contributed by atoms with Gasteiger partial charge in [-0.05, 0) is 37.5 Å². The van der Waals surface area contributed by atoms with Crippen molar-refractivity contribution in [3.63, 3.8) is 0 Å². The highest BCUT2D eigenvalue weighted by molar-refractivity contribution is 7.07. The predicted molar refractivity (Wildman–Crippen MR) is 115 cm³/mol. The summed E-state index contributed by atoms with van der Waals surface area (Å²) in [5.41, 5.74) is 3.45. The molecule has 0 spiro atoms. The average molecular weight is 410 g/mol. The molecule has 7 heteroatoms. The topological polar surface area (TPSA) is 79.3 Å². The minimum atomic E-state index is -0.00670. The Morgan fingerprint density at radius 3 is 2.76 bits per heavy atom. The third kappa shape index (κ3) is 4.58. The van der Waals surface area contributed by atoms with E-state index in [2.05, 4.69) is 5.10 Å². The smallest absolute Gasteiger partial charge is 0.206 e. The molecule has 3 aromatic rings. The van der Waals surface area contributed by atoms with E-state index in [1.54, 1.807) is 23.0 Å². The van der Waals surface area contributed by atoms with Gasteiger partial charge in [-0.2, -0.15) is 5.10 Å². The van der Waals surface area contributed by atoms with E-state index in [4.69, 9.17) is 9.73 Å². The molecule has 6 nitrogen and oxygen atoms in total. The van der Waals surface area contributed by atoms with Crippen LogP contribution >= 0.6 is 11.3 Å². The van der Waals surface area contributed by atoms with Gasteiger partial charge in [0.05, 0.1) is 24.6 Å². The van der Waals surface area contributed by atoms with Crippen molar-refractivity contribution in [3.8, 4) is 22.8 Å². The Balaban J connectivity index is 1.74. The lowest BCUT2D eigenvalue weighted by atomic mass is 10.1. The van der Waals surface area contributed by atoms with Gasteiger partial charge >= 0.3 is 0 Å². The molecule has 0 amide bonds. The maximum Gasteiger partial charge on any atom is 0.206 e. The Bertz CT molecular complexity index is 1080. The lowest BCUT2D eigenvalue weighted by Crippen LogP contribution is -2.17. The molecule has 1 fully saturated rings. The van der Waals surface area contributed by atoms with E-state index in [1.165, 1.54) is 23.0 Å². The molecule has 0 aliphatic carbocycles. The van der Waals surface area contributed by atoms with Crippen LogP contribution < -0.4 is 4.80 Å². The Labute approximate surface area is 173 Å². The standard InChI is InChI=1S/C22H23N3O3S/c1-15-4-6-16(7-5-15)12-24-25-20(19-9-8-17(26)11-21(19)27)14-29-22(25)23-13-18-3-2-10-28-18/h4-9,11-12,14,18,26-27H,2-3,10,13H2,1H3/b23-22?,24-12+. The third-order valence-electron chi connectivity index (χ3n) is 4.80. The molecule has 2 heterocycles. The predicted octanol–water partition coefficient (Wildman–Crippen LogP) is 3.90. The van der Waals surface area contributed by atoms with Gasteiger partial charge in [-0.3, -0.25) is 4.99 Å². The van der Waals surface area contributed by atoms with Crippen LogP contribution in [-0.2, 0) is 4.74 Å². The molecule has 1 aliphatic rings. The van der Waals surface area contributed by atoms with Crippen LogP contribution in [0, 0.1) is 6.92 Å². The van der Waals surface area contributed by atoms with E-state index >= 15 is 0 Å². The fourth-order valence-electron chi connectivity index (χ4n) is 3.19. The number of hydrogen-bond acceptors (Lipinski definition) is 6. The van der Waals surface area contributed by atoms with Crippen LogP contribution in [0.2, 0.25) is 0 Å². The summed E-state index contributed by atoms with van der Waals surface area (Å²) in [4.78, 5) is 5.45. The molecule has 1 atom stereocenters. The highest BCUT2D eigenvalue weighted by atomic mass is 32.1. The van der Waals surface area contributed by atoms with Gasteiger partial charge in [0.25, 0.3) is 0 Å². The first-order chi connectivity index (χ1) is 14.1. The van der Waals surface area contributed by atoms with Crippen molar-refractivity contribution in [2.24, 2.45) is 10.1 Å². The van der Waals surface area contributed by atoms with Gasteiger partial charge in [0, 0.05) is 23.6 Å². The summed E-state index contributed by atoms with van der Waals surface area (Å²) in [6.45, 7) is 3.42. The van der Waals surface area contributed by atoms with Crippen molar-refractivity contribution in [2.75, 3.05) is 13.2 Å². The van der Waals surface area contributed by atoms with Gasteiger partial charge in [-0.15, -0.1) is 11.3 Å². The van der Waals surface area contributed by atoms with E-state index in [0.29, 0.717) is 17.8 Å². The summed E-state index contributed by atoms with van der Waals surface area (Å²) < 4.78 is 7.40. The zero-order chi connectivity index (χ0) is 20.2. The number of aromatic nitrogens is 1. The van der Waals surface area contributed by atoms with Crippen LogP contribution in [0.5, 0.6) is 11.5 Å². The van der Waals surface area contributed by atoms with E-state index in [0.717, 1.165) is 29.8 Å². The molecule has 29 heavy (non-hydrogen) atoms. The normalized spacial score (nSPS) is 17.4. The molecule has 2 N–H and O–H groups in total. The second-order valence-electron chi connectivity index (χ2n) is 7.05. The average Bonchev–Trinajstić information content (AvgIpc) is 3.36. The maximum absolute atomic E-state index is 10.3. The maximum atomic E-state index is 10.3. The minimum absolute atomic E-state index is 0.00670. The van der Waals surface area contributed by atoms with Crippen molar-refractivity contribution < 1.29 is 14.9 Å². The van der Waals surface area contributed by atoms with Gasteiger partial charge in [-0.25, -0.2) is 4.68 Å². The van der Waals surface area contributed by atoms with Crippen molar-refractivity contribution in [3.05, 3.63) is 63.8 Å². The van der Waals surface area contributed by atoms with Gasteiger partial charge in [-0.1, -0.05) is 29.8 Å². The molecule has 1 aromatic heterocycles. The number of hydrogen-bond donors (Lipinski definition) is 2. The quantitative estimate of drug-likeness (QED) is 0.627. The number of nitrogens with zero attached hydrogens (tertiary/aromatic N) is 3. The largest absolute Gasteiger partial charge is 0.508 e. The minimum Gasteiger partial charge on any atom is -0.508 e. The zero-order valence-corrected chi connectivity index (χ0v) is 17.0. The van der Waals surface area contributed by atoms with Gasteiger partial charge in [0.15, 0.2) is 0 Å². The molecular weight excluding hydrogens is 386 g/mol. The van der Waals surface area contributed by atoms with Crippen LogP contribution in [0.15, 0.2) is 57.9 Å². The zero-order valence-electron chi connectivity index (χ0n) is 16.2. The molecule has 2 aromatic carbocycles. The number of phenols is 2. The third-order valence-corrected chi connectivity index (χ3v) is 5.65. The summed E-state index contributed by atoms with van der Waals surface area (Å²) in [5, 5.41) is 26.5. The molecule has 1 aliphatic heterocycles. The Hall–Kier alpha value is -2.90. The van der Waals surface area contributed by atoms with Crippen LogP contribution in [0.4, 0.5) is 0 Å². The summed E-state index contributed by atoms with van der Waals surface area (Å²) in [5.74, 6) is 0.00671. The summed E-state index contributed by atoms with van der Waals surface area (Å²) in [6.07, 6.45) is 4.02. The molecule has 4 rings (SSSR count). The Morgan fingerprint density at radius 1 is 1.21 bits per heavy atom. The lowest BCUT2D eigenvalue weighted by molar-refractivity contribution is 0.117. The van der Waals surface area contributed by atoms with Crippen LogP contribution in [0.1, 0.15) is 24.0 Å². The van der Waals surface area contributed by atoms with Gasteiger partial charge in [0.2, 0.25) is 4.80 Å². The van der Waals surface area contributed by atoms with E-state index in [9.17, 15) is 10.2 Å². The Morgan fingerprint density at radius 2 is 2.03 bits per heavy atom. The van der Waals surface area contributed by atoms with Crippen LogP contribution in [-0.4, -0.2) is 40.4 Å². The molecule has 0 saturated carbocycles. The van der Waals surface area contributed by atoms with Gasteiger partial charge < -0.3 is 14.9 Å². The summed E-state index contributed by atoms with van der Waals surface area (Å²) >= 11 is 1.46. The second kappa shape index (κ2) is 8.63. The molecule has 0 bridgehead atoms. The van der Waals surface area contributed by atoms with Crippen molar-refractivity contribution in [1.29, 1.82) is 0 Å². The van der Waals surface area contributed by atoms with E-state index < -0.39 is 0 Å². The number of ether oxygens (including phenoxy) is 1. The first-order valence-electron chi connectivity index (χ1n) is 9.56. The first-order valence-corrected chi connectivity index (χ1v) is 10.4. The number of aryl methyl sites for hydroxylation is 1. The highest BCUT2D eigenvalue weighted by Gasteiger charge is 2.16.